The molecule has 2 aromatic carbocycles. The molecule has 3 aliphatic rings. The minimum atomic E-state index is -1.32. The first-order valence-corrected chi connectivity index (χ1v) is 17.2. The minimum absolute atomic E-state index is 0.0246. The largest absolute Gasteiger partial charge is 0.455 e. The first-order valence-electron chi connectivity index (χ1n) is 17.2. The Kier molecular flexibility index (Phi) is 10.9. The van der Waals surface area contributed by atoms with Crippen molar-refractivity contribution in [3.8, 4) is 0 Å². The Morgan fingerprint density at radius 2 is 1.92 bits per heavy atom. The molecule has 2 N–H and O–H groups in total. The van der Waals surface area contributed by atoms with Crippen molar-refractivity contribution in [3.63, 3.8) is 0 Å². The van der Waals surface area contributed by atoms with Crippen molar-refractivity contribution in [3.05, 3.63) is 85.5 Å². The number of esters is 1. The highest BCUT2D eigenvalue weighted by Crippen LogP contribution is 2.59. The second kappa shape index (κ2) is 15.5. The molecule has 0 aliphatic carbocycles. The van der Waals surface area contributed by atoms with Crippen LogP contribution in [0.15, 0.2) is 79.9 Å². The summed E-state index contributed by atoms with van der Waals surface area (Å²) in [6, 6.07) is 14.5. The number of nitrogens with one attached hydrogen (secondary N) is 1. The van der Waals surface area contributed by atoms with Crippen molar-refractivity contribution in [2.75, 3.05) is 33.4 Å². The van der Waals surface area contributed by atoms with Crippen molar-refractivity contribution < 1.29 is 38.5 Å². The Bertz CT molecular complexity index is 1770. The molecule has 6 rings (SSSR count). The lowest BCUT2D eigenvalue weighted by Gasteiger charge is -2.36. The van der Waals surface area contributed by atoms with Crippen LogP contribution in [0, 0.1) is 11.8 Å². The number of carbonyl (C=O) groups is 4. The fourth-order valence-electron chi connectivity index (χ4n) is 7.90. The number of hydrogen-bond donors (Lipinski definition) is 2. The number of ether oxygens (including phenoxy) is 3. The number of rotatable bonds is 17. The van der Waals surface area contributed by atoms with Gasteiger partial charge in [0.15, 0.2) is 0 Å². The van der Waals surface area contributed by atoms with E-state index >= 15 is 0 Å². The van der Waals surface area contributed by atoms with Gasteiger partial charge in [0.2, 0.25) is 17.7 Å². The first kappa shape index (κ1) is 35.9. The summed E-state index contributed by atoms with van der Waals surface area (Å²) in [6.45, 7) is 7.20. The van der Waals surface area contributed by atoms with E-state index in [1.165, 1.54) is 16.9 Å². The molecule has 3 fully saturated rings. The first-order chi connectivity index (χ1) is 24.8. The second-order valence-corrected chi connectivity index (χ2v) is 13.1. The van der Waals surface area contributed by atoms with E-state index in [0.29, 0.717) is 30.3 Å². The molecule has 0 saturated carbocycles. The third kappa shape index (κ3) is 6.78. The van der Waals surface area contributed by atoms with Gasteiger partial charge in [0.05, 0.1) is 42.7 Å². The Balaban J connectivity index is 1.30. The molecule has 2 bridgehead atoms. The fraction of sp³-hybridized carbons (Fsp3) is 0.459. The highest BCUT2D eigenvalue weighted by atomic mass is 16.6. The predicted octanol–water partition coefficient (Wildman–Crippen LogP) is 2.15. The van der Waals surface area contributed by atoms with Crippen LogP contribution in [-0.4, -0.2) is 111 Å². The lowest BCUT2D eigenvalue weighted by molar-refractivity contribution is -0.163. The zero-order valence-electron chi connectivity index (χ0n) is 28.6. The van der Waals surface area contributed by atoms with Crippen LogP contribution in [0.5, 0.6) is 0 Å². The maximum absolute atomic E-state index is 14.6. The quantitative estimate of drug-likeness (QED) is 0.158. The number of allylic oxidation sites excluding steroid dienone is 1. The van der Waals surface area contributed by atoms with Gasteiger partial charge >= 0.3 is 5.97 Å². The number of aromatic nitrogens is 3. The summed E-state index contributed by atoms with van der Waals surface area (Å²) in [7, 11) is 1.49. The third-order valence-electron chi connectivity index (χ3n) is 10.0. The summed E-state index contributed by atoms with van der Waals surface area (Å²) < 4.78 is 19.9. The number of benzene rings is 2. The molecule has 0 unspecified atom stereocenters. The lowest BCUT2D eigenvalue weighted by Crippen LogP contribution is -2.56. The Morgan fingerprint density at radius 3 is 2.65 bits per heavy atom. The number of aliphatic hydroxyl groups excluding tert-OH is 1. The van der Waals surface area contributed by atoms with Crippen molar-refractivity contribution in [1.29, 1.82) is 0 Å². The zero-order valence-corrected chi connectivity index (χ0v) is 28.6. The van der Waals surface area contributed by atoms with Crippen LogP contribution in [0.1, 0.15) is 37.4 Å². The molecule has 1 aromatic heterocycles. The number of nitrogens with zero attached hydrogens (tertiary/aromatic N) is 5. The van der Waals surface area contributed by atoms with Crippen molar-refractivity contribution in [2.24, 2.45) is 11.8 Å². The molecule has 3 aliphatic heterocycles. The standard InChI is InChI=1S/C37H44N6O8/c1-4-6-16-29(45)38-26(22-49-3)32(24-12-8-7-9-13-24)50-36(48)30-28-17-18-37(51-28)31(30)34(46)42(20-21-44)33(37)35(47)41(19-5-2)23-43-27-15-11-10-14-25(27)39-40-43/h4-5,7-15,26,28,30-33,44H,1-2,6,16-23H2,3H3,(H,38,45)/t26-,28-,30+,31+,32-,33-,37+/m0/s1. The number of β-amino-alcohol motifs (C(OH)–C–C–N with tert-alkyl or cyclic N) is 1. The lowest BCUT2D eigenvalue weighted by atomic mass is 9.70. The van der Waals surface area contributed by atoms with E-state index in [2.05, 4.69) is 28.8 Å². The van der Waals surface area contributed by atoms with E-state index < -0.39 is 66.1 Å². The predicted molar refractivity (Wildman–Crippen MR) is 184 cm³/mol. The van der Waals surface area contributed by atoms with Crippen LogP contribution in [0.2, 0.25) is 0 Å². The van der Waals surface area contributed by atoms with Gasteiger partial charge in [-0.25, -0.2) is 4.68 Å². The molecular weight excluding hydrogens is 656 g/mol. The van der Waals surface area contributed by atoms with E-state index in [1.54, 1.807) is 41.1 Å². The molecule has 0 radical (unpaired) electrons. The van der Waals surface area contributed by atoms with Crippen molar-refractivity contribution in [1.82, 2.24) is 30.1 Å². The van der Waals surface area contributed by atoms with E-state index in [9.17, 15) is 24.3 Å². The molecule has 14 heteroatoms. The summed E-state index contributed by atoms with van der Waals surface area (Å²) >= 11 is 0. The third-order valence-corrected chi connectivity index (χ3v) is 10.0. The van der Waals surface area contributed by atoms with Crippen LogP contribution in [0.4, 0.5) is 0 Å². The average molecular weight is 701 g/mol. The zero-order chi connectivity index (χ0) is 36.1. The minimum Gasteiger partial charge on any atom is -0.455 e. The SMILES string of the molecule is C=CCCC(=O)N[C@@H](COC)[C@@H](OC(=O)[C@@H]1[C@@H]2CC[C@]3(O2)[C@H](C(=O)N(CC=C)Cn2nnc4ccccc42)N(CCO)C(=O)[C@@H]13)c1ccccc1. The molecule has 270 valence electrons. The van der Waals surface area contributed by atoms with Gasteiger partial charge < -0.3 is 34.4 Å². The van der Waals surface area contributed by atoms with Gasteiger partial charge in [0.1, 0.15) is 29.9 Å². The molecular formula is C37H44N6O8. The molecule has 4 heterocycles. The summed E-state index contributed by atoms with van der Waals surface area (Å²) in [5.41, 5.74) is 0.693. The van der Waals surface area contributed by atoms with Gasteiger partial charge in [-0.05, 0) is 37.0 Å². The maximum Gasteiger partial charge on any atom is 0.313 e. The Morgan fingerprint density at radius 1 is 1.16 bits per heavy atom. The number of methoxy groups -OCH3 is 1. The van der Waals surface area contributed by atoms with Gasteiger partial charge in [0, 0.05) is 26.6 Å². The van der Waals surface area contributed by atoms with E-state index in [1.807, 2.05) is 30.3 Å². The monoisotopic (exact) mass is 700 g/mol. The van der Waals surface area contributed by atoms with E-state index in [4.69, 9.17) is 14.2 Å². The van der Waals surface area contributed by atoms with Crippen LogP contribution < -0.4 is 5.32 Å². The molecule has 51 heavy (non-hydrogen) atoms. The van der Waals surface area contributed by atoms with Gasteiger partial charge in [-0.3, -0.25) is 19.2 Å². The number of para-hydroxylation sites is 1. The van der Waals surface area contributed by atoms with Gasteiger partial charge in [0.25, 0.3) is 0 Å². The highest BCUT2D eigenvalue weighted by Gasteiger charge is 2.75. The van der Waals surface area contributed by atoms with E-state index in [0.717, 1.165) is 5.52 Å². The van der Waals surface area contributed by atoms with Gasteiger partial charge in [-0.2, -0.15) is 0 Å². The second-order valence-electron chi connectivity index (χ2n) is 13.1. The number of hydrogen-bond acceptors (Lipinski definition) is 10. The summed E-state index contributed by atoms with van der Waals surface area (Å²) in [6.07, 6.45) is 3.05. The summed E-state index contributed by atoms with van der Waals surface area (Å²) in [5.74, 6) is -3.86. The summed E-state index contributed by atoms with van der Waals surface area (Å²) in [4.78, 5) is 59.0. The molecule has 7 atom stereocenters. The highest BCUT2D eigenvalue weighted by molar-refractivity contribution is 5.98. The number of carbonyl (C=O) groups excluding carboxylic acids is 4. The van der Waals surface area contributed by atoms with E-state index in [-0.39, 0.29) is 38.7 Å². The number of fused-ring (bicyclic) bond motifs is 2. The van der Waals surface area contributed by atoms with Crippen molar-refractivity contribution >= 4 is 34.7 Å². The smallest absolute Gasteiger partial charge is 0.313 e. The van der Waals surface area contributed by atoms with Crippen LogP contribution in [-0.2, 0) is 40.1 Å². The van der Waals surface area contributed by atoms with Gasteiger partial charge in [-0.1, -0.05) is 59.8 Å². The number of likely N-dealkylation sites (tertiary alicyclic amines) is 1. The Labute approximate surface area is 296 Å². The van der Waals surface area contributed by atoms with Crippen molar-refractivity contribution in [2.45, 2.75) is 62.2 Å². The van der Waals surface area contributed by atoms with Crippen LogP contribution in [0.25, 0.3) is 11.0 Å². The van der Waals surface area contributed by atoms with Gasteiger partial charge in [-0.15, -0.1) is 18.3 Å². The molecule has 1 spiro atoms. The topological polar surface area (TPSA) is 165 Å². The molecule has 3 saturated heterocycles. The van der Waals surface area contributed by atoms with Crippen LogP contribution >= 0.6 is 0 Å². The normalized spacial score (nSPS) is 24.6. The van der Waals surface area contributed by atoms with Crippen LogP contribution in [0.3, 0.4) is 0 Å². The maximum atomic E-state index is 14.6. The molecule has 3 amide bonds. The Hall–Kier alpha value is -4.92. The fourth-order valence-corrected chi connectivity index (χ4v) is 7.90. The number of amides is 3. The average Bonchev–Trinajstić information content (AvgIpc) is 3.89. The number of aliphatic hydroxyl groups is 1. The molecule has 3 aromatic rings. The molecule has 14 nitrogen and oxygen atoms in total. The summed E-state index contributed by atoms with van der Waals surface area (Å²) in [5, 5.41) is 21.4.